The highest BCUT2D eigenvalue weighted by molar-refractivity contribution is 5.35. The zero-order valence-corrected chi connectivity index (χ0v) is 10.6. The van der Waals surface area contributed by atoms with Crippen LogP contribution in [0.15, 0.2) is 12.4 Å². The fraction of sp³-hybridized carbons (Fsp3) is 0.667. The van der Waals surface area contributed by atoms with Crippen LogP contribution in [0.1, 0.15) is 32.9 Å². The molecule has 4 heteroatoms. The second-order valence-electron chi connectivity index (χ2n) is 4.46. The molecule has 90 valence electrons. The van der Waals surface area contributed by atoms with Crippen molar-refractivity contribution >= 4 is 5.82 Å². The van der Waals surface area contributed by atoms with Crippen LogP contribution in [0.4, 0.5) is 5.82 Å². The minimum atomic E-state index is -0.185. The maximum Gasteiger partial charge on any atom is 0.129 e. The Morgan fingerprint density at radius 3 is 2.75 bits per heavy atom. The molecule has 16 heavy (non-hydrogen) atoms. The number of hydrogen-bond donors (Lipinski definition) is 1. The summed E-state index contributed by atoms with van der Waals surface area (Å²) in [6.45, 7) is 6.94. The minimum Gasteiger partial charge on any atom is -0.377 e. The number of anilines is 1. The van der Waals surface area contributed by atoms with Crippen LogP contribution in [-0.2, 0) is 11.2 Å². The van der Waals surface area contributed by atoms with E-state index in [1.807, 2.05) is 19.9 Å². The van der Waals surface area contributed by atoms with Crippen molar-refractivity contribution in [3.63, 3.8) is 0 Å². The third-order valence-electron chi connectivity index (χ3n) is 2.48. The van der Waals surface area contributed by atoms with Crippen LogP contribution in [-0.4, -0.2) is 29.2 Å². The van der Waals surface area contributed by atoms with Crippen molar-refractivity contribution < 1.29 is 4.74 Å². The average Bonchev–Trinajstić information content (AvgIpc) is 2.28. The summed E-state index contributed by atoms with van der Waals surface area (Å²) in [6.07, 6.45) is 3.69. The van der Waals surface area contributed by atoms with E-state index in [1.54, 1.807) is 13.4 Å². The summed E-state index contributed by atoms with van der Waals surface area (Å²) in [6, 6.07) is 2.00. The lowest BCUT2D eigenvalue weighted by atomic mass is 10.1. The highest BCUT2D eigenvalue weighted by Gasteiger charge is 2.15. The Bertz CT molecular complexity index is 326. The van der Waals surface area contributed by atoms with E-state index in [-0.39, 0.29) is 5.60 Å². The van der Waals surface area contributed by atoms with E-state index < -0.39 is 0 Å². The van der Waals surface area contributed by atoms with Crippen LogP contribution >= 0.6 is 0 Å². The van der Waals surface area contributed by atoms with E-state index in [9.17, 15) is 0 Å². The van der Waals surface area contributed by atoms with E-state index in [1.165, 1.54) is 0 Å². The van der Waals surface area contributed by atoms with Gasteiger partial charge < -0.3 is 10.1 Å². The van der Waals surface area contributed by atoms with Gasteiger partial charge in [-0.3, -0.25) is 0 Å². The Labute approximate surface area is 97.5 Å². The minimum absolute atomic E-state index is 0.185. The molecule has 0 aliphatic carbocycles. The Morgan fingerprint density at radius 2 is 2.12 bits per heavy atom. The number of nitrogens with zero attached hydrogens (tertiary/aromatic N) is 2. The SMILES string of the molecule is CCCc1cc(NCC(C)(C)OC)ncn1. The molecule has 1 rings (SSSR count). The first-order valence-electron chi connectivity index (χ1n) is 5.67. The lowest BCUT2D eigenvalue weighted by Gasteiger charge is -2.23. The third kappa shape index (κ3) is 4.14. The van der Waals surface area contributed by atoms with Crippen molar-refractivity contribution in [2.75, 3.05) is 19.0 Å². The van der Waals surface area contributed by atoms with E-state index in [4.69, 9.17) is 4.74 Å². The van der Waals surface area contributed by atoms with Gasteiger partial charge in [0.25, 0.3) is 0 Å². The number of aryl methyl sites for hydroxylation is 1. The second-order valence-corrected chi connectivity index (χ2v) is 4.46. The summed E-state index contributed by atoms with van der Waals surface area (Å²) in [5.74, 6) is 0.864. The molecule has 4 nitrogen and oxygen atoms in total. The summed E-state index contributed by atoms with van der Waals surface area (Å²) >= 11 is 0. The first-order valence-corrected chi connectivity index (χ1v) is 5.67. The Balaban J connectivity index is 2.57. The lowest BCUT2D eigenvalue weighted by Crippen LogP contribution is -2.32. The predicted molar refractivity (Wildman–Crippen MR) is 65.6 cm³/mol. The van der Waals surface area contributed by atoms with Gasteiger partial charge in [-0.1, -0.05) is 13.3 Å². The summed E-state index contributed by atoms with van der Waals surface area (Å²) in [4.78, 5) is 8.39. The molecule has 0 spiro atoms. The molecule has 0 saturated carbocycles. The molecule has 0 aliphatic rings. The van der Waals surface area contributed by atoms with Crippen LogP contribution in [0.25, 0.3) is 0 Å². The molecular formula is C12H21N3O. The quantitative estimate of drug-likeness (QED) is 0.803. The van der Waals surface area contributed by atoms with Crippen molar-refractivity contribution in [1.82, 2.24) is 9.97 Å². The van der Waals surface area contributed by atoms with Crippen LogP contribution in [0.5, 0.6) is 0 Å². The lowest BCUT2D eigenvalue weighted by molar-refractivity contribution is 0.0343. The third-order valence-corrected chi connectivity index (χ3v) is 2.48. The molecule has 1 N–H and O–H groups in total. The normalized spacial score (nSPS) is 11.5. The maximum atomic E-state index is 5.33. The molecule has 0 atom stereocenters. The zero-order valence-electron chi connectivity index (χ0n) is 10.6. The number of aromatic nitrogens is 2. The van der Waals surface area contributed by atoms with Crippen LogP contribution < -0.4 is 5.32 Å². The first kappa shape index (κ1) is 12.9. The summed E-state index contributed by atoms with van der Waals surface area (Å²) < 4.78 is 5.33. The van der Waals surface area contributed by atoms with Gasteiger partial charge in [-0.05, 0) is 20.3 Å². The number of rotatable bonds is 6. The molecule has 0 aliphatic heterocycles. The molecule has 1 aromatic heterocycles. The molecule has 0 saturated heterocycles. The Kier molecular flexibility index (Phi) is 4.68. The summed E-state index contributed by atoms with van der Waals surface area (Å²) in [7, 11) is 1.71. The smallest absolute Gasteiger partial charge is 0.129 e. The van der Waals surface area contributed by atoms with Crippen LogP contribution in [0.2, 0.25) is 0 Å². The van der Waals surface area contributed by atoms with Gasteiger partial charge >= 0.3 is 0 Å². The van der Waals surface area contributed by atoms with Gasteiger partial charge in [0.05, 0.1) is 5.60 Å². The number of methoxy groups -OCH3 is 1. The topological polar surface area (TPSA) is 47.0 Å². The molecule has 0 aromatic carbocycles. The number of nitrogens with one attached hydrogen (secondary N) is 1. The van der Waals surface area contributed by atoms with E-state index in [0.29, 0.717) is 0 Å². The van der Waals surface area contributed by atoms with Gasteiger partial charge in [-0.2, -0.15) is 0 Å². The van der Waals surface area contributed by atoms with Crippen LogP contribution in [0, 0.1) is 0 Å². The van der Waals surface area contributed by atoms with E-state index in [0.717, 1.165) is 30.9 Å². The summed E-state index contributed by atoms with van der Waals surface area (Å²) in [5, 5.41) is 3.26. The van der Waals surface area contributed by atoms with Gasteiger partial charge in [-0.25, -0.2) is 9.97 Å². The van der Waals surface area contributed by atoms with E-state index >= 15 is 0 Å². The molecule has 0 bridgehead atoms. The second kappa shape index (κ2) is 5.80. The average molecular weight is 223 g/mol. The highest BCUT2D eigenvalue weighted by Crippen LogP contribution is 2.10. The molecule has 0 fully saturated rings. The fourth-order valence-corrected chi connectivity index (χ4v) is 1.26. The van der Waals surface area contributed by atoms with Gasteiger partial charge in [0, 0.05) is 25.4 Å². The molecule has 0 radical (unpaired) electrons. The van der Waals surface area contributed by atoms with E-state index in [2.05, 4.69) is 22.2 Å². The summed E-state index contributed by atoms with van der Waals surface area (Å²) in [5.41, 5.74) is 0.894. The molecule has 1 heterocycles. The van der Waals surface area contributed by atoms with Crippen LogP contribution in [0.3, 0.4) is 0 Å². The number of ether oxygens (including phenoxy) is 1. The standard InChI is InChI=1S/C12H21N3O/c1-5-6-10-7-11(15-9-14-10)13-8-12(2,3)16-4/h7,9H,5-6,8H2,1-4H3,(H,13,14,15). The van der Waals surface area contributed by atoms with Gasteiger partial charge in [0.2, 0.25) is 0 Å². The monoisotopic (exact) mass is 223 g/mol. The van der Waals surface area contributed by atoms with Gasteiger partial charge in [0.1, 0.15) is 12.1 Å². The van der Waals surface area contributed by atoms with Crippen molar-refractivity contribution in [2.45, 2.75) is 39.2 Å². The van der Waals surface area contributed by atoms with Crippen molar-refractivity contribution in [3.8, 4) is 0 Å². The molecular weight excluding hydrogens is 202 g/mol. The largest absolute Gasteiger partial charge is 0.377 e. The first-order chi connectivity index (χ1) is 7.57. The number of hydrogen-bond acceptors (Lipinski definition) is 4. The van der Waals surface area contributed by atoms with Gasteiger partial charge in [-0.15, -0.1) is 0 Å². The van der Waals surface area contributed by atoms with Crippen molar-refractivity contribution in [2.24, 2.45) is 0 Å². The zero-order chi connectivity index (χ0) is 12.0. The molecule has 1 aromatic rings. The van der Waals surface area contributed by atoms with Crippen molar-refractivity contribution in [3.05, 3.63) is 18.1 Å². The van der Waals surface area contributed by atoms with Crippen molar-refractivity contribution in [1.29, 1.82) is 0 Å². The molecule has 0 amide bonds. The fourth-order valence-electron chi connectivity index (χ4n) is 1.26. The predicted octanol–water partition coefficient (Wildman–Crippen LogP) is 2.27. The Morgan fingerprint density at radius 1 is 1.38 bits per heavy atom. The van der Waals surface area contributed by atoms with Gasteiger partial charge in [0.15, 0.2) is 0 Å². The highest BCUT2D eigenvalue weighted by atomic mass is 16.5. The maximum absolute atomic E-state index is 5.33. The molecule has 0 unspecified atom stereocenters. The Hall–Kier alpha value is -1.16.